The molecule has 6 heteroatoms. The Labute approximate surface area is 83.7 Å². The minimum absolute atomic E-state index is 0.0142. The maximum Gasteiger partial charge on any atom is 0.349 e. The van der Waals surface area contributed by atoms with Crippen LogP contribution in [0.1, 0.15) is 10.7 Å². The minimum atomic E-state index is -0.455. The molecule has 0 unspecified atom stereocenters. The van der Waals surface area contributed by atoms with Crippen molar-refractivity contribution >= 4 is 17.3 Å². The van der Waals surface area contributed by atoms with Crippen molar-refractivity contribution in [1.82, 2.24) is 15.0 Å². The maximum atomic E-state index is 11.0. The van der Waals surface area contributed by atoms with Gasteiger partial charge in [-0.05, 0) is 11.4 Å². The zero-order valence-corrected chi connectivity index (χ0v) is 8.04. The van der Waals surface area contributed by atoms with Crippen LogP contribution in [0.3, 0.4) is 0 Å². The number of aromatic amines is 1. The summed E-state index contributed by atoms with van der Waals surface area (Å²) in [5.74, 6) is 0.560. The Hall–Kier alpha value is -1.69. The molecule has 72 valence electrons. The first-order valence-corrected chi connectivity index (χ1v) is 4.87. The van der Waals surface area contributed by atoms with Crippen LogP contribution in [0.4, 0.5) is 5.95 Å². The van der Waals surface area contributed by atoms with E-state index in [1.165, 1.54) is 0 Å². The van der Waals surface area contributed by atoms with Gasteiger partial charge >= 0.3 is 5.69 Å². The summed E-state index contributed by atoms with van der Waals surface area (Å²) in [6.45, 7) is 0. The number of H-pyrrole nitrogens is 1. The zero-order valence-electron chi connectivity index (χ0n) is 7.23. The molecule has 0 amide bonds. The van der Waals surface area contributed by atoms with Crippen LogP contribution in [0.25, 0.3) is 0 Å². The van der Waals surface area contributed by atoms with Crippen LogP contribution < -0.4 is 11.4 Å². The zero-order chi connectivity index (χ0) is 9.97. The Morgan fingerprint density at radius 2 is 2.36 bits per heavy atom. The molecule has 2 heterocycles. The molecule has 14 heavy (non-hydrogen) atoms. The highest BCUT2D eigenvalue weighted by Crippen LogP contribution is 2.11. The van der Waals surface area contributed by atoms with Gasteiger partial charge in [0.2, 0.25) is 5.95 Å². The minimum Gasteiger partial charge on any atom is -0.368 e. The molecule has 0 saturated carbocycles. The number of nitrogens with zero attached hydrogens (tertiary/aromatic N) is 2. The number of rotatable bonds is 2. The molecular weight excluding hydrogens is 200 g/mol. The molecule has 0 aliphatic rings. The number of thiophene rings is 1. The van der Waals surface area contributed by atoms with E-state index in [1.807, 2.05) is 17.5 Å². The van der Waals surface area contributed by atoms with Crippen LogP contribution in [0, 0.1) is 0 Å². The molecule has 2 aromatic rings. The molecular formula is C8H8N4OS. The predicted molar refractivity (Wildman–Crippen MR) is 54.2 cm³/mol. The number of hydrogen-bond donors (Lipinski definition) is 2. The van der Waals surface area contributed by atoms with E-state index >= 15 is 0 Å². The SMILES string of the molecule is Nc1nc(Cc2cccs2)[nH]c(=O)n1. The molecule has 3 N–H and O–H groups in total. The van der Waals surface area contributed by atoms with E-state index < -0.39 is 5.69 Å². The third-order valence-corrected chi connectivity index (χ3v) is 2.51. The quantitative estimate of drug-likeness (QED) is 0.748. The third kappa shape index (κ3) is 1.97. The van der Waals surface area contributed by atoms with E-state index in [0.29, 0.717) is 12.2 Å². The predicted octanol–water partition coefficient (Wildman–Crippen LogP) is 0.399. The van der Waals surface area contributed by atoms with Crippen LogP contribution in [0.15, 0.2) is 22.3 Å². The van der Waals surface area contributed by atoms with Gasteiger partial charge in [0.1, 0.15) is 5.82 Å². The van der Waals surface area contributed by atoms with Crippen molar-refractivity contribution in [3.8, 4) is 0 Å². The fourth-order valence-corrected chi connectivity index (χ4v) is 1.82. The Bertz CT molecular complexity index is 476. The number of nitrogens with one attached hydrogen (secondary N) is 1. The lowest BCUT2D eigenvalue weighted by molar-refractivity contribution is 0.900. The van der Waals surface area contributed by atoms with E-state index in [2.05, 4.69) is 15.0 Å². The van der Waals surface area contributed by atoms with Crippen molar-refractivity contribution in [2.75, 3.05) is 5.73 Å². The number of anilines is 1. The standard InChI is InChI=1S/C8H8N4OS/c9-7-10-6(11-8(13)12-7)4-5-2-1-3-14-5/h1-3H,4H2,(H3,9,10,11,12,13). The van der Waals surface area contributed by atoms with Crippen LogP contribution in [-0.2, 0) is 6.42 Å². The van der Waals surface area contributed by atoms with Crippen LogP contribution >= 0.6 is 11.3 Å². The highest BCUT2D eigenvalue weighted by Gasteiger charge is 2.01. The van der Waals surface area contributed by atoms with E-state index in [1.54, 1.807) is 11.3 Å². The Balaban J connectivity index is 2.29. The van der Waals surface area contributed by atoms with Gasteiger partial charge < -0.3 is 5.73 Å². The van der Waals surface area contributed by atoms with Gasteiger partial charge in [-0.15, -0.1) is 11.3 Å². The van der Waals surface area contributed by atoms with E-state index in [4.69, 9.17) is 5.73 Å². The molecule has 0 spiro atoms. The average molecular weight is 208 g/mol. The lowest BCUT2D eigenvalue weighted by atomic mass is 10.3. The average Bonchev–Trinajstić information content (AvgIpc) is 2.54. The molecule has 0 saturated heterocycles. The van der Waals surface area contributed by atoms with Gasteiger partial charge in [0.05, 0.1) is 0 Å². The maximum absolute atomic E-state index is 11.0. The largest absolute Gasteiger partial charge is 0.368 e. The number of aromatic nitrogens is 3. The van der Waals surface area contributed by atoms with E-state index in [-0.39, 0.29) is 5.95 Å². The summed E-state index contributed by atoms with van der Waals surface area (Å²) in [6, 6.07) is 3.92. The Morgan fingerprint density at radius 3 is 3.00 bits per heavy atom. The summed E-state index contributed by atoms with van der Waals surface area (Å²) in [7, 11) is 0. The molecule has 0 fully saturated rings. The van der Waals surface area contributed by atoms with Crippen molar-refractivity contribution in [2.45, 2.75) is 6.42 Å². The van der Waals surface area contributed by atoms with Gasteiger partial charge in [-0.25, -0.2) is 4.79 Å². The van der Waals surface area contributed by atoms with Gasteiger partial charge in [-0.1, -0.05) is 6.07 Å². The summed E-state index contributed by atoms with van der Waals surface area (Å²) < 4.78 is 0. The highest BCUT2D eigenvalue weighted by molar-refractivity contribution is 7.09. The summed E-state index contributed by atoms with van der Waals surface area (Å²) in [5.41, 5.74) is 4.89. The van der Waals surface area contributed by atoms with E-state index in [0.717, 1.165) is 4.88 Å². The van der Waals surface area contributed by atoms with Crippen LogP contribution in [0.5, 0.6) is 0 Å². The Morgan fingerprint density at radius 1 is 1.50 bits per heavy atom. The second-order valence-corrected chi connectivity index (χ2v) is 3.75. The van der Waals surface area contributed by atoms with Gasteiger partial charge in [0, 0.05) is 11.3 Å². The molecule has 0 bridgehead atoms. The second kappa shape index (κ2) is 3.59. The first-order chi connectivity index (χ1) is 6.74. The highest BCUT2D eigenvalue weighted by atomic mass is 32.1. The molecule has 2 rings (SSSR count). The van der Waals surface area contributed by atoms with Gasteiger partial charge in [0.25, 0.3) is 0 Å². The lowest BCUT2D eigenvalue weighted by Gasteiger charge is -1.97. The van der Waals surface area contributed by atoms with Crippen molar-refractivity contribution in [3.63, 3.8) is 0 Å². The van der Waals surface area contributed by atoms with Crippen molar-refractivity contribution in [2.24, 2.45) is 0 Å². The van der Waals surface area contributed by atoms with Gasteiger partial charge in [-0.2, -0.15) is 9.97 Å². The first-order valence-electron chi connectivity index (χ1n) is 3.99. The summed E-state index contributed by atoms with van der Waals surface area (Å²) in [6.07, 6.45) is 0.583. The number of nitrogens with two attached hydrogens (primary N) is 1. The fraction of sp³-hybridized carbons (Fsp3) is 0.125. The van der Waals surface area contributed by atoms with Crippen LogP contribution in [-0.4, -0.2) is 15.0 Å². The summed E-state index contributed by atoms with van der Waals surface area (Å²) in [5, 5.41) is 1.97. The topological polar surface area (TPSA) is 84.7 Å². The first kappa shape index (κ1) is 8.89. The summed E-state index contributed by atoms with van der Waals surface area (Å²) >= 11 is 1.61. The van der Waals surface area contributed by atoms with Crippen molar-refractivity contribution in [1.29, 1.82) is 0 Å². The molecule has 0 aliphatic heterocycles. The molecule has 2 aromatic heterocycles. The fourth-order valence-electron chi connectivity index (χ4n) is 1.11. The van der Waals surface area contributed by atoms with Crippen molar-refractivity contribution in [3.05, 3.63) is 38.7 Å². The van der Waals surface area contributed by atoms with Gasteiger partial charge in [0.15, 0.2) is 0 Å². The summed E-state index contributed by atoms with van der Waals surface area (Å²) in [4.78, 5) is 22.0. The molecule has 0 aliphatic carbocycles. The lowest BCUT2D eigenvalue weighted by Crippen LogP contribution is -2.17. The van der Waals surface area contributed by atoms with E-state index in [9.17, 15) is 4.79 Å². The normalized spacial score (nSPS) is 10.3. The molecule has 5 nitrogen and oxygen atoms in total. The monoisotopic (exact) mass is 208 g/mol. The number of nitrogen functional groups attached to an aromatic ring is 1. The number of hydrogen-bond acceptors (Lipinski definition) is 5. The molecule has 0 radical (unpaired) electrons. The van der Waals surface area contributed by atoms with Crippen molar-refractivity contribution < 1.29 is 0 Å². The molecule has 0 aromatic carbocycles. The van der Waals surface area contributed by atoms with Gasteiger partial charge in [-0.3, -0.25) is 4.98 Å². The Kier molecular flexibility index (Phi) is 2.28. The third-order valence-electron chi connectivity index (χ3n) is 1.64. The smallest absolute Gasteiger partial charge is 0.349 e. The van der Waals surface area contributed by atoms with Crippen LogP contribution in [0.2, 0.25) is 0 Å². The second-order valence-electron chi connectivity index (χ2n) is 2.71. The molecule has 0 atom stereocenters.